The Bertz CT molecular complexity index is 300. The van der Waals surface area contributed by atoms with Crippen LogP contribution in [0.5, 0.6) is 0 Å². The lowest BCUT2D eigenvalue weighted by atomic mass is 9.70. The maximum absolute atomic E-state index is 5.16. The van der Waals surface area contributed by atoms with Crippen molar-refractivity contribution in [1.82, 2.24) is 10.2 Å². The average molecular weight is 296 g/mol. The molecule has 3 heteroatoms. The van der Waals surface area contributed by atoms with Crippen molar-refractivity contribution >= 4 is 0 Å². The van der Waals surface area contributed by atoms with Gasteiger partial charge in [-0.15, -0.1) is 0 Å². The van der Waals surface area contributed by atoms with Crippen molar-refractivity contribution in [3.05, 3.63) is 0 Å². The molecule has 0 aliphatic heterocycles. The Labute approximate surface area is 131 Å². The van der Waals surface area contributed by atoms with E-state index in [1.165, 1.54) is 45.2 Å². The Kier molecular flexibility index (Phi) is 6.51. The van der Waals surface area contributed by atoms with Gasteiger partial charge in [-0.05, 0) is 49.5 Å². The third-order valence-electron chi connectivity index (χ3n) is 5.75. The molecule has 2 saturated carbocycles. The normalized spacial score (nSPS) is 36.1. The minimum atomic E-state index is 0.493. The second-order valence-electron chi connectivity index (χ2n) is 8.02. The van der Waals surface area contributed by atoms with E-state index in [-0.39, 0.29) is 0 Å². The predicted octanol–water partition coefficient (Wildman–Crippen LogP) is 3.01. The van der Waals surface area contributed by atoms with E-state index in [0.717, 1.165) is 37.5 Å². The van der Waals surface area contributed by atoms with Gasteiger partial charge in [-0.3, -0.25) is 0 Å². The van der Waals surface area contributed by atoms with Gasteiger partial charge in [-0.2, -0.15) is 0 Å². The van der Waals surface area contributed by atoms with E-state index in [9.17, 15) is 0 Å². The molecule has 124 valence electrons. The van der Waals surface area contributed by atoms with Gasteiger partial charge < -0.3 is 15.0 Å². The summed E-state index contributed by atoms with van der Waals surface area (Å²) < 4.78 is 5.16. The van der Waals surface area contributed by atoms with Crippen molar-refractivity contribution < 1.29 is 4.74 Å². The number of nitrogens with one attached hydrogen (secondary N) is 1. The SMILES string of the molecule is COCCNCC1(CN(C)CC2CC2C)CCC(C)CC1. The minimum Gasteiger partial charge on any atom is -0.383 e. The zero-order valence-corrected chi connectivity index (χ0v) is 14.7. The summed E-state index contributed by atoms with van der Waals surface area (Å²) in [5.74, 6) is 2.86. The Balaban J connectivity index is 1.81. The summed E-state index contributed by atoms with van der Waals surface area (Å²) in [4.78, 5) is 2.61. The third kappa shape index (κ3) is 5.54. The lowest BCUT2D eigenvalue weighted by Gasteiger charge is -2.42. The zero-order valence-electron chi connectivity index (χ0n) is 14.7. The average Bonchev–Trinajstić information content (AvgIpc) is 3.13. The molecule has 0 aromatic rings. The molecular weight excluding hydrogens is 260 g/mol. The molecule has 0 bridgehead atoms. The molecule has 21 heavy (non-hydrogen) atoms. The van der Waals surface area contributed by atoms with Crippen LogP contribution in [0.2, 0.25) is 0 Å². The quantitative estimate of drug-likeness (QED) is 0.662. The largest absolute Gasteiger partial charge is 0.383 e. The van der Waals surface area contributed by atoms with Crippen molar-refractivity contribution in [2.45, 2.75) is 46.0 Å². The Hall–Kier alpha value is -0.120. The summed E-state index contributed by atoms with van der Waals surface area (Å²) in [5.41, 5.74) is 0.493. The minimum absolute atomic E-state index is 0.493. The first-order chi connectivity index (χ1) is 10.0. The molecule has 2 atom stereocenters. The van der Waals surface area contributed by atoms with Crippen LogP contribution in [0, 0.1) is 23.2 Å². The summed E-state index contributed by atoms with van der Waals surface area (Å²) in [6, 6.07) is 0. The van der Waals surface area contributed by atoms with Crippen LogP contribution in [0.4, 0.5) is 0 Å². The van der Waals surface area contributed by atoms with Gasteiger partial charge >= 0.3 is 0 Å². The highest BCUT2D eigenvalue weighted by molar-refractivity contribution is 4.91. The molecule has 2 rings (SSSR count). The molecule has 0 aromatic heterocycles. The van der Waals surface area contributed by atoms with Crippen LogP contribution in [0.15, 0.2) is 0 Å². The maximum Gasteiger partial charge on any atom is 0.0587 e. The Morgan fingerprint density at radius 1 is 1.24 bits per heavy atom. The van der Waals surface area contributed by atoms with E-state index in [2.05, 4.69) is 31.1 Å². The van der Waals surface area contributed by atoms with Crippen LogP contribution >= 0.6 is 0 Å². The number of nitrogens with zero attached hydrogens (tertiary/aromatic N) is 1. The highest BCUT2D eigenvalue weighted by Crippen LogP contribution is 2.41. The molecule has 1 N–H and O–H groups in total. The molecule has 2 unspecified atom stereocenters. The lowest BCUT2D eigenvalue weighted by Crippen LogP contribution is -2.46. The van der Waals surface area contributed by atoms with Crippen LogP contribution in [0.25, 0.3) is 0 Å². The van der Waals surface area contributed by atoms with Gasteiger partial charge in [0.2, 0.25) is 0 Å². The fraction of sp³-hybridized carbons (Fsp3) is 1.00. The van der Waals surface area contributed by atoms with E-state index < -0.39 is 0 Å². The standard InChI is InChI=1S/C18H36N2O/c1-15-5-7-18(8-6-15,13-19-9-10-21-4)14-20(3)12-17-11-16(17)2/h15-17,19H,5-14H2,1-4H3. The fourth-order valence-corrected chi connectivity index (χ4v) is 3.98. The smallest absolute Gasteiger partial charge is 0.0587 e. The molecule has 0 heterocycles. The molecule has 2 aliphatic rings. The van der Waals surface area contributed by atoms with Crippen LogP contribution in [-0.4, -0.2) is 51.8 Å². The zero-order chi connectivity index (χ0) is 15.3. The van der Waals surface area contributed by atoms with Gasteiger partial charge in [-0.25, -0.2) is 0 Å². The molecule has 0 aromatic carbocycles. The maximum atomic E-state index is 5.16. The molecule has 0 saturated heterocycles. The second kappa shape index (κ2) is 7.94. The molecule has 0 amide bonds. The number of hydrogen-bond donors (Lipinski definition) is 1. The second-order valence-corrected chi connectivity index (χ2v) is 8.02. The summed E-state index contributed by atoms with van der Waals surface area (Å²) in [6.07, 6.45) is 7.02. The molecule has 2 fully saturated rings. The summed E-state index contributed by atoms with van der Waals surface area (Å²) in [5, 5.41) is 3.64. The Morgan fingerprint density at radius 3 is 2.48 bits per heavy atom. The van der Waals surface area contributed by atoms with Gasteiger partial charge in [0, 0.05) is 33.3 Å². The number of rotatable bonds is 9. The van der Waals surface area contributed by atoms with Crippen molar-refractivity contribution in [2.24, 2.45) is 23.2 Å². The molecule has 0 radical (unpaired) electrons. The summed E-state index contributed by atoms with van der Waals surface area (Å²) in [6.45, 7) is 10.3. The van der Waals surface area contributed by atoms with Gasteiger partial charge in [0.1, 0.15) is 0 Å². The highest BCUT2D eigenvalue weighted by Gasteiger charge is 2.38. The van der Waals surface area contributed by atoms with Crippen molar-refractivity contribution in [2.75, 3.05) is 46.9 Å². The first-order valence-corrected chi connectivity index (χ1v) is 8.93. The van der Waals surface area contributed by atoms with Gasteiger partial charge in [0.05, 0.1) is 6.61 Å². The molecule has 2 aliphatic carbocycles. The van der Waals surface area contributed by atoms with E-state index in [1.54, 1.807) is 7.11 Å². The highest BCUT2D eigenvalue weighted by atomic mass is 16.5. The first-order valence-electron chi connectivity index (χ1n) is 8.93. The summed E-state index contributed by atoms with van der Waals surface area (Å²) >= 11 is 0. The number of hydrogen-bond acceptors (Lipinski definition) is 3. The fourth-order valence-electron chi connectivity index (χ4n) is 3.98. The van der Waals surface area contributed by atoms with Crippen LogP contribution in [0.3, 0.4) is 0 Å². The van der Waals surface area contributed by atoms with Crippen molar-refractivity contribution in [3.63, 3.8) is 0 Å². The van der Waals surface area contributed by atoms with Crippen LogP contribution in [-0.2, 0) is 4.74 Å². The topological polar surface area (TPSA) is 24.5 Å². The third-order valence-corrected chi connectivity index (χ3v) is 5.75. The number of ether oxygens (including phenoxy) is 1. The van der Waals surface area contributed by atoms with Crippen LogP contribution in [0.1, 0.15) is 46.0 Å². The summed E-state index contributed by atoms with van der Waals surface area (Å²) in [7, 11) is 4.12. The van der Waals surface area contributed by atoms with Gasteiger partial charge in [-0.1, -0.05) is 26.7 Å². The Morgan fingerprint density at radius 2 is 1.90 bits per heavy atom. The monoisotopic (exact) mass is 296 g/mol. The first kappa shape index (κ1) is 17.2. The lowest BCUT2D eigenvalue weighted by molar-refractivity contribution is 0.0931. The van der Waals surface area contributed by atoms with Gasteiger partial charge in [0.15, 0.2) is 0 Å². The van der Waals surface area contributed by atoms with Crippen molar-refractivity contribution in [3.8, 4) is 0 Å². The number of methoxy groups -OCH3 is 1. The van der Waals surface area contributed by atoms with E-state index in [1.807, 2.05) is 0 Å². The van der Waals surface area contributed by atoms with Crippen LogP contribution < -0.4 is 5.32 Å². The van der Waals surface area contributed by atoms with E-state index in [0.29, 0.717) is 5.41 Å². The van der Waals surface area contributed by atoms with E-state index in [4.69, 9.17) is 4.74 Å². The molecular formula is C18H36N2O. The molecule has 3 nitrogen and oxygen atoms in total. The predicted molar refractivity (Wildman–Crippen MR) is 89.6 cm³/mol. The molecule has 0 spiro atoms. The van der Waals surface area contributed by atoms with E-state index >= 15 is 0 Å². The van der Waals surface area contributed by atoms with Gasteiger partial charge in [0.25, 0.3) is 0 Å². The van der Waals surface area contributed by atoms with Crippen molar-refractivity contribution in [1.29, 1.82) is 0 Å².